The van der Waals surface area contributed by atoms with Crippen molar-refractivity contribution in [3.63, 3.8) is 0 Å². The molecule has 2 aromatic carbocycles. The quantitative estimate of drug-likeness (QED) is 0.364. The van der Waals surface area contributed by atoms with Crippen LogP contribution in [0.3, 0.4) is 0 Å². The number of nitrogens with zero attached hydrogens (tertiary/aromatic N) is 2. The summed E-state index contributed by atoms with van der Waals surface area (Å²) in [4.78, 5) is 40.4. The van der Waals surface area contributed by atoms with Crippen molar-refractivity contribution in [3.05, 3.63) is 70.2 Å². The molecule has 0 radical (unpaired) electrons. The fourth-order valence-corrected chi connectivity index (χ4v) is 4.15. The van der Waals surface area contributed by atoms with E-state index in [1.807, 2.05) is 19.1 Å². The van der Waals surface area contributed by atoms with Crippen LogP contribution in [0.1, 0.15) is 37.3 Å². The number of carbonyl (C=O) groups excluding carboxylic acids is 3. The largest absolute Gasteiger partial charge is 0.497 e. The molecule has 35 heavy (non-hydrogen) atoms. The highest BCUT2D eigenvalue weighted by molar-refractivity contribution is 7.09. The third-order valence-corrected chi connectivity index (χ3v) is 6.08. The lowest BCUT2D eigenvalue weighted by molar-refractivity contribution is -0.122. The lowest BCUT2D eigenvalue weighted by Crippen LogP contribution is -2.44. The van der Waals surface area contributed by atoms with E-state index in [0.717, 1.165) is 17.1 Å². The fourth-order valence-electron chi connectivity index (χ4n) is 3.40. The van der Waals surface area contributed by atoms with Crippen LogP contribution in [0, 0.1) is 6.92 Å². The average Bonchev–Trinajstić information content (AvgIpc) is 3.24. The van der Waals surface area contributed by atoms with Gasteiger partial charge in [-0.2, -0.15) is 4.37 Å². The minimum absolute atomic E-state index is 0.00239. The van der Waals surface area contributed by atoms with E-state index in [-0.39, 0.29) is 22.8 Å². The molecule has 0 saturated heterocycles. The molecule has 0 fully saturated rings. The van der Waals surface area contributed by atoms with Crippen LogP contribution in [0.2, 0.25) is 0 Å². The van der Waals surface area contributed by atoms with E-state index in [1.54, 1.807) is 36.4 Å². The first-order valence-electron chi connectivity index (χ1n) is 10.6. The molecule has 1 aromatic heterocycles. The number of hydrogen-bond acceptors (Lipinski definition) is 8. The molecule has 0 aliphatic carbocycles. The molecule has 3 aromatic rings. The van der Waals surface area contributed by atoms with E-state index < -0.39 is 23.8 Å². The Morgan fingerprint density at radius 2 is 1.74 bits per heavy atom. The Morgan fingerprint density at radius 3 is 2.29 bits per heavy atom. The molecule has 0 spiro atoms. The molecule has 0 aliphatic heterocycles. The monoisotopic (exact) mass is 497 g/mol. The molecule has 184 valence electrons. The summed E-state index contributed by atoms with van der Waals surface area (Å²) in [5.74, 6) is -1.28. The first kappa shape index (κ1) is 25.7. The summed E-state index contributed by atoms with van der Waals surface area (Å²) < 4.78 is 14.2. The van der Waals surface area contributed by atoms with E-state index in [0.29, 0.717) is 23.6 Å². The highest BCUT2D eigenvalue weighted by Gasteiger charge is 2.36. The Balaban J connectivity index is 2.16. The van der Waals surface area contributed by atoms with E-state index in [9.17, 15) is 14.4 Å². The predicted octanol–water partition coefficient (Wildman–Crippen LogP) is 2.29. The van der Waals surface area contributed by atoms with Gasteiger partial charge in [-0.1, -0.05) is 29.8 Å². The van der Waals surface area contributed by atoms with Crippen LogP contribution in [-0.4, -0.2) is 49.5 Å². The summed E-state index contributed by atoms with van der Waals surface area (Å²) in [5, 5.41) is 2.81. The standard InChI is InChI=1S/C24H27N5O5S/c1-14-4-8-16(9-5-14)29(24(32)21-18(25)19(22(26)30)28-35-21)20(23(31)27-12-13-33-2)15-6-10-17(34-3)11-7-15/h4-11,20H,12-13,25H2,1-3H3,(H2,26,30)(H,27,31)/t20-/m0/s1. The van der Waals surface area contributed by atoms with Crippen LogP contribution in [0.25, 0.3) is 0 Å². The van der Waals surface area contributed by atoms with Crippen molar-refractivity contribution in [3.8, 4) is 5.75 Å². The number of amides is 3. The maximum atomic E-state index is 13.9. The van der Waals surface area contributed by atoms with Crippen LogP contribution >= 0.6 is 11.5 Å². The van der Waals surface area contributed by atoms with Crippen molar-refractivity contribution in [1.82, 2.24) is 9.69 Å². The number of carbonyl (C=O) groups is 3. The predicted molar refractivity (Wildman–Crippen MR) is 134 cm³/mol. The highest BCUT2D eigenvalue weighted by Crippen LogP contribution is 2.33. The summed E-state index contributed by atoms with van der Waals surface area (Å²) in [6.45, 7) is 2.45. The van der Waals surface area contributed by atoms with Gasteiger partial charge in [0, 0.05) is 19.3 Å². The number of aryl methyl sites for hydroxylation is 1. The van der Waals surface area contributed by atoms with Gasteiger partial charge in [0.25, 0.3) is 11.8 Å². The van der Waals surface area contributed by atoms with Crippen molar-refractivity contribution in [2.24, 2.45) is 5.73 Å². The lowest BCUT2D eigenvalue weighted by atomic mass is 10.0. The number of anilines is 2. The number of hydrogen-bond donors (Lipinski definition) is 3. The number of nitrogens with one attached hydrogen (secondary N) is 1. The number of ether oxygens (including phenoxy) is 2. The Kier molecular flexibility index (Phi) is 8.39. The zero-order chi connectivity index (χ0) is 25.5. The Hall–Kier alpha value is -3.96. The van der Waals surface area contributed by atoms with Gasteiger partial charge < -0.3 is 26.3 Å². The van der Waals surface area contributed by atoms with Crippen molar-refractivity contribution < 1.29 is 23.9 Å². The molecule has 0 unspecified atom stereocenters. The molecule has 1 atom stereocenters. The molecule has 3 amide bonds. The summed E-state index contributed by atoms with van der Waals surface area (Å²) >= 11 is 0.752. The number of nitrogen functional groups attached to an aromatic ring is 1. The molecule has 5 N–H and O–H groups in total. The topological polar surface area (TPSA) is 150 Å². The average molecular weight is 498 g/mol. The van der Waals surface area contributed by atoms with E-state index in [4.69, 9.17) is 20.9 Å². The van der Waals surface area contributed by atoms with Gasteiger partial charge in [-0.25, -0.2) is 0 Å². The molecular weight excluding hydrogens is 470 g/mol. The minimum Gasteiger partial charge on any atom is -0.497 e. The third kappa shape index (κ3) is 5.76. The second kappa shape index (κ2) is 11.4. The Bertz CT molecular complexity index is 1190. The number of methoxy groups -OCH3 is 2. The fraction of sp³-hybridized carbons (Fsp3) is 0.250. The van der Waals surface area contributed by atoms with E-state index in [1.165, 1.54) is 19.1 Å². The third-order valence-electron chi connectivity index (χ3n) is 5.23. The van der Waals surface area contributed by atoms with E-state index >= 15 is 0 Å². The van der Waals surface area contributed by atoms with Gasteiger partial charge in [0.2, 0.25) is 5.91 Å². The van der Waals surface area contributed by atoms with Crippen molar-refractivity contribution in [2.75, 3.05) is 38.0 Å². The number of primary amides is 1. The molecule has 0 saturated carbocycles. The molecular formula is C24H27N5O5S. The smallest absolute Gasteiger partial charge is 0.273 e. The van der Waals surface area contributed by atoms with Gasteiger partial charge in [-0.3, -0.25) is 19.3 Å². The van der Waals surface area contributed by atoms with Crippen LogP contribution in [0.5, 0.6) is 5.75 Å². The lowest BCUT2D eigenvalue weighted by Gasteiger charge is -2.31. The maximum absolute atomic E-state index is 13.9. The summed E-state index contributed by atoms with van der Waals surface area (Å²) in [6.07, 6.45) is 0. The normalized spacial score (nSPS) is 11.5. The molecule has 11 heteroatoms. The van der Waals surface area contributed by atoms with Gasteiger partial charge >= 0.3 is 0 Å². The Labute approximate surface area is 207 Å². The van der Waals surface area contributed by atoms with Gasteiger partial charge in [-0.15, -0.1) is 0 Å². The van der Waals surface area contributed by atoms with Crippen LogP contribution < -0.4 is 26.4 Å². The number of aromatic nitrogens is 1. The van der Waals surface area contributed by atoms with Crippen LogP contribution in [-0.2, 0) is 9.53 Å². The minimum atomic E-state index is -1.08. The first-order chi connectivity index (χ1) is 16.8. The van der Waals surface area contributed by atoms with Gasteiger partial charge in [0.15, 0.2) is 5.69 Å². The number of nitrogens with two attached hydrogens (primary N) is 2. The van der Waals surface area contributed by atoms with Crippen molar-refractivity contribution >= 4 is 40.6 Å². The van der Waals surface area contributed by atoms with Gasteiger partial charge in [0.05, 0.1) is 19.4 Å². The van der Waals surface area contributed by atoms with Crippen molar-refractivity contribution in [1.29, 1.82) is 0 Å². The second-order valence-corrected chi connectivity index (χ2v) is 8.38. The summed E-state index contributed by atoms with van der Waals surface area (Å²) in [6, 6.07) is 12.9. The van der Waals surface area contributed by atoms with Gasteiger partial charge in [-0.05, 0) is 48.3 Å². The molecule has 0 aliphatic rings. The molecule has 10 nitrogen and oxygen atoms in total. The second-order valence-electron chi connectivity index (χ2n) is 7.61. The Morgan fingerprint density at radius 1 is 1.09 bits per heavy atom. The van der Waals surface area contributed by atoms with Crippen LogP contribution in [0.4, 0.5) is 11.4 Å². The zero-order valence-corrected chi connectivity index (χ0v) is 20.4. The number of benzene rings is 2. The zero-order valence-electron chi connectivity index (χ0n) is 19.6. The molecule has 3 rings (SSSR count). The SMILES string of the molecule is COCCNC(=O)[C@H](c1ccc(OC)cc1)N(C(=O)c1snc(C(N)=O)c1N)c1ccc(C)cc1. The summed E-state index contributed by atoms with van der Waals surface area (Å²) in [7, 11) is 3.06. The maximum Gasteiger partial charge on any atom is 0.273 e. The first-order valence-corrected chi connectivity index (χ1v) is 11.4. The molecule has 1 heterocycles. The van der Waals surface area contributed by atoms with Crippen molar-refractivity contribution in [2.45, 2.75) is 13.0 Å². The number of rotatable bonds is 10. The molecule has 0 bridgehead atoms. The van der Waals surface area contributed by atoms with E-state index in [2.05, 4.69) is 9.69 Å². The van der Waals surface area contributed by atoms with Gasteiger partial charge in [0.1, 0.15) is 16.7 Å². The van der Waals surface area contributed by atoms with Crippen LogP contribution in [0.15, 0.2) is 48.5 Å². The summed E-state index contributed by atoms with van der Waals surface area (Å²) in [5.41, 5.74) is 13.0. The highest BCUT2D eigenvalue weighted by atomic mass is 32.1.